The molecule has 0 saturated carbocycles. The number of thiazole rings is 2. The first-order valence-corrected chi connectivity index (χ1v) is 25.4. The summed E-state index contributed by atoms with van der Waals surface area (Å²) in [5, 5.41) is 13.0. The molecule has 24 heteroatoms. The number of rotatable bonds is 16. The van der Waals surface area contributed by atoms with Gasteiger partial charge in [0.1, 0.15) is 96.5 Å². The molecular weight excluding hydrogens is 1020 g/mol. The van der Waals surface area contributed by atoms with Gasteiger partial charge in [-0.1, -0.05) is 64.9 Å². The smallest absolute Gasteiger partial charge is 0.294 e. The van der Waals surface area contributed by atoms with Gasteiger partial charge in [0.2, 0.25) is 9.92 Å². The van der Waals surface area contributed by atoms with E-state index < -0.39 is 0 Å². The third-order valence-electron chi connectivity index (χ3n) is 11.2. The summed E-state index contributed by atoms with van der Waals surface area (Å²) in [6.07, 6.45) is 3.33. The fourth-order valence-electron chi connectivity index (χ4n) is 7.76. The number of hydrogen-bond acceptors (Lipinski definition) is 20. The van der Waals surface area contributed by atoms with Crippen molar-refractivity contribution in [2.45, 2.75) is 19.3 Å². The summed E-state index contributed by atoms with van der Waals surface area (Å²) in [5.41, 5.74) is 4.60. The number of halogens is 2. The topological polar surface area (TPSA) is 180 Å². The minimum Gasteiger partial charge on any atom is -0.496 e. The highest BCUT2D eigenvalue weighted by Crippen LogP contribution is 2.41. The number of methoxy groups -OCH3 is 3. The maximum atomic E-state index is 6.78. The van der Waals surface area contributed by atoms with E-state index in [9.17, 15) is 0 Å². The van der Waals surface area contributed by atoms with Crippen LogP contribution in [0.2, 0.25) is 8.67 Å². The van der Waals surface area contributed by atoms with Gasteiger partial charge >= 0.3 is 0 Å². The number of anilines is 1. The average molecular weight is 1060 g/mol. The molecule has 0 N–H and O–H groups in total. The lowest BCUT2D eigenvalue weighted by Crippen LogP contribution is -2.45. The number of imidazole rings is 2. The van der Waals surface area contributed by atoms with Crippen LogP contribution in [-0.4, -0.2) is 92.9 Å². The van der Waals surface area contributed by atoms with Crippen molar-refractivity contribution < 1.29 is 42.0 Å². The SMILES string of the molecule is COc1cc(OCc2nc(N3CCOC(COc4nn5cc(-c6cc7c(OCc8nc(-c9ccccc9)sc8Cl)cc(OC)cc7o6)nc5s4)C3)sc2Cl)c2cc(-c3cn4nc(OC)sc4n3)oc2c1. The molecule has 8 aromatic heterocycles. The zero-order chi connectivity index (χ0) is 47.5. The molecule has 3 aromatic carbocycles. The Morgan fingerprint density at radius 2 is 1.26 bits per heavy atom. The zero-order valence-electron chi connectivity index (χ0n) is 36.9. The summed E-state index contributed by atoms with van der Waals surface area (Å²) in [4.78, 5) is 22.5. The summed E-state index contributed by atoms with van der Waals surface area (Å²) in [6.45, 7) is 2.19. The molecule has 0 bridgehead atoms. The lowest BCUT2D eigenvalue weighted by molar-refractivity contribution is 0.00999. The molecule has 0 amide bonds. The number of nitrogens with zero attached hydrogens (tertiary/aromatic N) is 9. The molecule has 0 radical (unpaired) electrons. The minimum atomic E-state index is -0.256. The van der Waals surface area contributed by atoms with Gasteiger partial charge < -0.3 is 46.9 Å². The number of hydrogen-bond donors (Lipinski definition) is 0. The average Bonchev–Trinajstić information content (AvgIpc) is 4.25. The second kappa shape index (κ2) is 18.6. The van der Waals surface area contributed by atoms with Crippen LogP contribution in [0.5, 0.6) is 33.4 Å². The predicted octanol–water partition coefficient (Wildman–Crippen LogP) is 11.1. The Labute approximate surface area is 422 Å². The van der Waals surface area contributed by atoms with Crippen molar-refractivity contribution in [3.8, 4) is 66.9 Å². The fraction of sp³-hybridized carbons (Fsp3) is 0.217. The van der Waals surface area contributed by atoms with E-state index in [0.717, 1.165) is 26.5 Å². The quantitative estimate of drug-likeness (QED) is 0.0891. The third-order valence-corrected chi connectivity index (χ3v) is 15.7. The van der Waals surface area contributed by atoms with Gasteiger partial charge in [0.05, 0.1) is 51.1 Å². The van der Waals surface area contributed by atoms with Gasteiger partial charge in [-0.2, -0.15) is 0 Å². The van der Waals surface area contributed by atoms with Gasteiger partial charge in [-0.15, -0.1) is 21.5 Å². The van der Waals surface area contributed by atoms with Crippen molar-refractivity contribution in [3.05, 3.63) is 99.2 Å². The van der Waals surface area contributed by atoms with Crippen LogP contribution in [0.15, 0.2) is 88.0 Å². The Morgan fingerprint density at radius 3 is 1.87 bits per heavy atom. The van der Waals surface area contributed by atoms with Crippen LogP contribution in [0.25, 0.3) is 65.3 Å². The zero-order valence-corrected chi connectivity index (χ0v) is 41.7. The highest BCUT2D eigenvalue weighted by atomic mass is 35.5. The summed E-state index contributed by atoms with van der Waals surface area (Å²) < 4.78 is 58.2. The van der Waals surface area contributed by atoms with Gasteiger partial charge in [0.25, 0.3) is 10.4 Å². The van der Waals surface area contributed by atoms with Crippen molar-refractivity contribution in [3.63, 3.8) is 0 Å². The van der Waals surface area contributed by atoms with Crippen LogP contribution < -0.4 is 33.3 Å². The van der Waals surface area contributed by atoms with E-state index in [0.29, 0.717) is 117 Å². The van der Waals surface area contributed by atoms with E-state index in [1.165, 1.54) is 45.3 Å². The third kappa shape index (κ3) is 8.69. The number of benzene rings is 3. The highest BCUT2D eigenvalue weighted by Gasteiger charge is 2.27. The van der Waals surface area contributed by atoms with Gasteiger partial charge in [0, 0.05) is 42.9 Å². The van der Waals surface area contributed by atoms with Gasteiger partial charge in [-0.25, -0.2) is 29.0 Å². The van der Waals surface area contributed by atoms with Gasteiger partial charge in [0.15, 0.2) is 16.7 Å². The van der Waals surface area contributed by atoms with Crippen molar-refractivity contribution in [1.82, 2.24) is 39.2 Å². The fourth-order valence-corrected chi connectivity index (χ4v) is 11.5. The lowest BCUT2D eigenvalue weighted by Gasteiger charge is -2.32. The Kier molecular flexibility index (Phi) is 11.8. The van der Waals surface area contributed by atoms with Crippen LogP contribution in [-0.2, 0) is 18.0 Å². The normalized spacial score (nSPS) is 14.1. The molecule has 9 heterocycles. The van der Waals surface area contributed by atoms with Crippen LogP contribution in [0.3, 0.4) is 0 Å². The minimum absolute atomic E-state index is 0.118. The van der Waals surface area contributed by atoms with E-state index in [1.807, 2.05) is 54.6 Å². The first-order chi connectivity index (χ1) is 34.2. The summed E-state index contributed by atoms with van der Waals surface area (Å²) in [5.74, 6) is 3.35. The predicted molar refractivity (Wildman–Crippen MR) is 268 cm³/mol. The Bertz CT molecular complexity index is 3630. The molecule has 1 fully saturated rings. The number of aromatic nitrogens is 8. The van der Waals surface area contributed by atoms with E-state index >= 15 is 0 Å². The van der Waals surface area contributed by atoms with Crippen molar-refractivity contribution in [2.24, 2.45) is 0 Å². The maximum Gasteiger partial charge on any atom is 0.294 e. The number of ether oxygens (including phenoxy) is 7. The molecule has 1 atom stereocenters. The maximum absolute atomic E-state index is 6.78. The molecule has 70 heavy (non-hydrogen) atoms. The summed E-state index contributed by atoms with van der Waals surface area (Å²) in [6, 6.07) is 20.9. The van der Waals surface area contributed by atoms with Crippen LogP contribution in [0, 0.1) is 0 Å². The first kappa shape index (κ1) is 44.5. The standard InChI is InChI=1S/C46H35Cl2N9O9S4/c1-58-24-11-33(62-21-31-39(47)67-41(49-31)23-7-5-4-6-8-23)27-15-38(66-35(27)13-24)30-19-57-44(51-30)70-46(54-57)64-20-26-17-55(9-10-61-26)42-52-32(40(48)68-42)22-63-34-12-25(59-2)14-36-28(34)16-37(65-36)29-18-56-43(50-29)69-45(53-56)60-3/h4-8,11-16,18-19,26H,9-10,17,20-22H2,1-3H3. The lowest BCUT2D eigenvalue weighted by atomic mass is 10.2. The van der Waals surface area contributed by atoms with Crippen LogP contribution >= 0.6 is 68.5 Å². The molecule has 0 aliphatic carbocycles. The number of fused-ring (bicyclic) bond motifs is 4. The second-order valence-corrected chi connectivity index (χ2v) is 20.6. The van der Waals surface area contributed by atoms with E-state index in [2.05, 4.69) is 20.1 Å². The Morgan fingerprint density at radius 1 is 0.657 bits per heavy atom. The number of morpholine rings is 1. The number of furan rings is 2. The molecule has 1 saturated heterocycles. The van der Waals surface area contributed by atoms with E-state index in [-0.39, 0.29) is 25.9 Å². The van der Waals surface area contributed by atoms with Crippen LogP contribution in [0.1, 0.15) is 11.4 Å². The summed E-state index contributed by atoms with van der Waals surface area (Å²) >= 11 is 18.8. The molecular formula is C46H35Cl2N9O9S4. The summed E-state index contributed by atoms with van der Waals surface area (Å²) in [7, 11) is 4.75. The monoisotopic (exact) mass is 1060 g/mol. The Balaban J connectivity index is 0.685. The van der Waals surface area contributed by atoms with E-state index in [4.69, 9.17) is 80.1 Å². The van der Waals surface area contributed by atoms with Crippen molar-refractivity contribution >= 4 is 106 Å². The molecule has 356 valence electrons. The van der Waals surface area contributed by atoms with E-state index in [1.54, 1.807) is 54.9 Å². The highest BCUT2D eigenvalue weighted by molar-refractivity contribution is 7.20. The molecule has 12 rings (SSSR count). The molecule has 0 spiro atoms. The van der Waals surface area contributed by atoms with Crippen LogP contribution in [0.4, 0.5) is 5.13 Å². The van der Waals surface area contributed by atoms with Crippen molar-refractivity contribution in [1.29, 1.82) is 0 Å². The van der Waals surface area contributed by atoms with Crippen molar-refractivity contribution in [2.75, 3.05) is 52.5 Å². The largest absolute Gasteiger partial charge is 0.496 e. The van der Waals surface area contributed by atoms with Gasteiger partial charge in [-0.3, -0.25) is 0 Å². The first-order valence-electron chi connectivity index (χ1n) is 21.3. The molecule has 1 aliphatic rings. The molecule has 1 unspecified atom stereocenters. The molecule has 18 nitrogen and oxygen atoms in total. The van der Waals surface area contributed by atoms with Gasteiger partial charge in [-0.05, 0) is 34.8 Å². The Hall–Kier alpha value is -6.66. The second-order valence-electron chi connectivity index (χ2n) is 15.6. The molecule has 11 aromatic rings. The molecule has 1 aliphatic heterocycles.